The van der Waals surface area contributed by atoms with Crippen molar-refractivity contribution < 1.29 is 32.3 Å². The average molecular weight is 455 g/mol. The number of esters is 1. The number of carbonyl (C=O) groups is 3. The maximum Gasteiger partial charge on any atom is 0.416 e. The van der Waals surface area contributed by atoms with Gasteiger partial charge in [0.2, 0.25) is 5.91 Å². The van der Waals surface area contributed by atoms with E-state index in [1.54, 1.807) is 48.5 Å². The fraction of sp³-hybridized carbons (Fsp3) is 0.160. The minimum atomic E-state index is -4.51. The number of ketones is 1. The van der Waals surface area contributed by atoms with Gasteiger partial charge in [0.1, 0.15) is 0 Å². The zero-order valence-corrected chi connectivity index (χ0v) is 17.6. The average Bonchev–Trinajstić information content (AvgIpc) is 2.82. The zero-order chi connectivity index (χ0) is 24.0. The summed E-state index contributed by atoms with van der Waals surface area (Å²) in [7, 11) is 1.14. The molecule has 0 heterocycles. The lowest BCUT2D eigenvalue weighted by Crippen LogP contribution is -2.22. The number of rotatable bonds is 7. The van der Waals surface area contributed by atoms with Gasteiger partial charge in [-0.1, -0.05) is 42.5 Å². The molecule has 0 spiro atoms. The molecule has 0 saturated heterocycles. The second-order valence-corrected chi connectivity index (χ2v) is 7.22. The molecule has 0 radical (unpaired) electrons. The van der Waals surface area contributed by atoms with Crippen LogP contribution in [0.4, 0.5) is 18.9 Å². The van der Waals surface area contributed by atoms with E-state index in [4.69, 9.17) is 4.74 Å². The van der Waals surface area contributed by atoms with E-state index in [0.29, 0.717) is 16.8 Å². The summed E-state index contributed by atoms with van der Waals surface area (Å²) in [5.41, 5.74) is 0.752. The van der Waals surface area contributed by atoms with Gasteiger partial charge in [-0.05, 0) is 42.0 Å². The molecule has 0 aliphatic carbocycles. The van der Waals surface area contributed by atoms with Crippen LogP contribution in [0, 0.1) is 0 Å². The van der Waals surface area contributed by atoms with Crippen LogP contribution in [-0.4, -0.2) is 24.8 Å². The number of halogens is 3. The molecule has 1 amide bonds. The van der Waals surface area contributed by atoms with Crippen molar-refractivity contribution in [3.8, 4) is 0 Å². The summed E-state index contributed by atoms with van der Waals surface area (Å²) >= 11 is 0. The third-order valence-corrected chi connectivity index (χ3v) is 4.98. The maximum absolute atomic E-state index is 12.8. The first-order valence-electron chi connectivity index (χ1n) is 9.93. The first-order chi connectivity index (χ1) is 15.7. The van der Waals surface area contributed by atoms with Crippen LogP contribution in [0.25, 0.3) is 0 Å². The second kappa shape index (κ2) is 10.1. The molecule has 0 saturated carbocycles. The summed E-state index contributed by atoms with van der Waals surface area (Å²) < 4.78 is 43.1. The number of methoxy groups -OCH3 is 1. The molecule has 3 aromatic carbocycles. The van der Waals surface area contributed by atoms with Gasteiger partial charge in [0.15, 0.2) is 5.78 Å². The standard InChI is InChI=1S/C25H20F3NO4/c1-33-24(32)21(16-7-11-19(12-8-16)25(26,27)28)15-22(30)29-20-13-9-18(10-14-20)23(31)17-5-3-2-4-6-17/h2-14,21H,15H2,1H3,(H,29,30). The van der Waals surface area contributed by atoms with E-state index in [9.17, 15) is 27.6 Å². The molecular weight excluding hydrogens is 435 g/mol. The molecule has 1 atom stereocenters. The molecule has 3 aromatic rings. The van der Waals surface area contributed by atoms with Crippen molar-refractivity contribution in [3.63, 3.8) is 0 Å². The third-order valence-electron chi connectivity index (χ3n) is 4.98. The molecule has 0 aliphatic heterocycles. The van der Waals surface area contributed by atoms with Crippen LogP contribution >= 0.6 is 0 Å². The van der Waals surface area contributed by atoms with Crippen LogP contribution in [0.5, 0.6) is 0 Å². The minimum Gasteiger partial charge on any atom is -0.469 e. The Morgan fingerprint density at radius 2 is 1.42 bits per heavy atom. The summed E-state index contributed by atoms with van der Waals surface area (Å²) in [6, 6.07) is 19.0. The Bertz CT molecular complexity index is 1130. The Kier molecular flexibility index (Phi) is 7.27. The van der Waals surface area contributed by atoms with Gasteiger partial charge < -0.3 is 10.1 Å². The highest BCUT2D eigenvalue weighted by molar-refractivity contribution is 6.09. The molecule has 1 N–H and O–H groups in total. The number of nitrogens with one attached hydrogen (secondary N) is 1. The van der Waals surface area contributed by atoms with Crippen molar-refractivity contribution in [3.05, 3.63) is 101 Å². The van der Waals surface area contributed by atoms with Crippen LogP contribution in [0.2, 0.25) is 0 Å². The number of alkyl halides is 3. The SMILES string of the molecule is COC(=O)C(CC(=O)Nc1ccc(C(=O)c2ccccc2)cc1)c1ccc(C(F)(F)F)cc1. The van der Waals surface area contributed by atoms with Crippen LogP contribution in [0.3, 0.4) is 0 Å². The van der Waals surface area contributed by atoms with Gasteiger partial charge in [0.05, 0.1) is 18.6 Å². The summed E-state index contributed by atoms with van der Waals surface area (Å²) in [4.78, 5) is 37.2. The van der Waals surface area contributed by atoms with Crippen LogP contribution in [0.1, 0.15) is 39.4 Å². The largest absolute Gasteiger partial charge is 0.469 e. The summed E-state index contributed by atoms with van der Waals surface area (Å²) in [5, 5.41) is 2.62. The molecule has 0 aliphatic rings. The molecule has 1 unspecified atom stereocenters. The van der Waals surface area contributed by atoms with Gasteiger partial charge in [0.25, 0.3) is 0 Å². The lowest BCUT2D eigenvalue weighted by molar-refractivity contribution is -0.143. The monoisotopic (exact) mass is 455 g/mol. The van der Waals surface area contributed by atoms with E-state index in [-0.39, 0.29) is 17.8 Å². The van der Waals surface area contributed by atoms with E-state index >= 15 is 0 Å². The highest BCUT2D eigenvalue weighted by Gasteiger charge is 2.31. The Morgan fingerprint density at radius 1 is 0.848 bits per heavy atom. The molecule has 0 aromatic heterocycles. The lowest BCUT2D eigenvalue weighted by Gasteiger charge is -2.16. The maximum atomic E-state index is 12.8. The molecule has 8 heteroatoms. The molecule has 33 heavy (non-hydrogen) atoms. The van der Waals surface area contributed by atoms with Crippen LogP contribution in [-0.2, 0) is 20.5 Å². The van der Waals surface area contributed by atoms with Gasteiger partial charge in [-0.2, -0.15) is 13.2 Å². The van der Waals surface area contributed by atoms with Gasteiger partial charge in [0, 0.05) is 23.2 Å². The number of benzene rings is 3. The Morgan fingerprint density at radius 3 is 1.97 bits per heavy atom. The Labute approximate surface area is 188 Å². The van der Waals surface area contributed by atoms with Crippen LogP contribution < -0.4 is 5.32 Å². The number of hydrogen-bond donors (Lipinski definition) is 1. The van der Waals surface area contributed by atoms with Crippen molar-refractivity contribution >= 4 is 23.3 Å². The predicted molar refractivity (Wildman–Crippen MR) is 116 cm³/mol. The van der Waals surface area contributed by atoms with E-state index in [1.165, 1.54) is 0 Å². The highest BCUT2D eigenvalue weighted by atomic mass is 19.4. The number of ether oxygens (including phenoxy) is 1. The summed E-state index contributed by atoms with van der Waals surface area (Å²) in [5.74, 6) is -2.51. The molecule has 0 bridgehead atoms. The quantitative estimate of drug-likeness (QED) is 0.392. The zero-order valence-electron chi connectivity index (χ0n) is 17.6. The normalized spacial score (nSPS) is 12.0. The molecular formula is C25H20F3NO4. The van der Waals surface area contributed by atoms with Crippen molar-refractivity contribution in [2.24, 2.45) is 0 Å². The third kappa shape index (κ3) is 6.06. The number of amides is 1. The van der Waals surface area contributed by atoms with Gasteiger partial charge >= 0.3 is 12.1 Å². The van der Waals surface area contributed by atoms with E-state index in [2.05, 4.69) is 5.32 Å². The topological polar surface area (TPSA) is 72.5 Å². The Balaban J connectivity index is 1.69. The molecule has 0 fully saturated rings. The molecule has 170 valence electrons. The van der Waals surface area contributed by atoms with E-state index < -0.39 is 29.5 Å². The van der Waals surface area contributed by atoms with Crippen molar-refractivity contribution in [1.82, 2.24) is 0 Å². The van der Waals surface area contributed by atoms with Gasteiger partial charge in [-0.25, -0.2) is 0 Å². The summed E-state index contributed by atoms with van der Waals surface area (Å²) in [6.45, 7) is 0. The second-order valence-electron chi connectivity index (χ2n) is 7.22. The van der Waals surface area contributed by atoms with Gasteiger partial charge in [-0.15, -0.1) is 0 Å². The first-order valence-corrected chi connectivity index (χ1v) is 9.93. The van der Waals surface area contributed by atoms with Gasteiger partial charge in [-0.3, -0.25) is 14.4 Å². The smallest absolute Gasteiger partial charge is 0.416 e. The minimum absolute atomic E-state index is 0.165. The van der Waals surface area contributed by atoms with Crippen molar-refractivity contribution in [2.45, 2.75) is 18.5 Å². The van der Waals surface area contributed by atoms with Crippen LogP contribution in [0.15, 0.2) is 78.9 Å². The number of anilines is 1. The number of hydrogen-bond acceptors (Lipinski definition) is 4. The summed E-state index contributed by atoms with van der Waals surface area (Å²) in [6.07, 6.45) is -4.84. The first kappa shape index (κ1) is 23.7. The fourth-order valence-electron chi connectivity index (χ4n) is 3.24. The fourth-order valence-corrected chi connectivity index (χ4v) is 3.24. The number of carbonyl (C=O) groups excluding carboxylic acids is 3. The Hall–Kier alpha value is -3.94. The predicted octanol–water partition coefficient (Wildman–Crippen LogP) is 5.22. The van der Waals surface area contributed by atoms with Crippen molar-refractivity contribution in [2.75, 3.05) is 12.4 Å². The molecule has 5 nitrogen and oxygen atoms in total. The lowest BCUT2D eigenvalue weighted by atomic mass is 9.94. The van der Waals surface area contributed by atoms with E-state index in [1.807, 2.05) is 6.07 Å². The van der Waals surface area contributed by atoms with Crippen molar-refractivity contribution in [1.29, 1.82) is 0 Å². The highest BCUT2D eigenvalue weighted by Crippen LogP contribution is 2.31. The molecule has 3 rings (SSSR count). The van der Waals surface area contributed by atoms with E-state index in [0.717, 1.165) is 31.4 Å².